The Morgan fingerprint density at radius 2 is 1.63 bits per heavy atom. The summed E-state index contributed by atoms with van der Waals surface area (Å²) in [4.78, 5) is 51.6. The van der Waals surface area contributed by atoms with Crippen molar-refractivity contribution in [2.75, 3.05) is 7.11 Å². The molecule has 1 aliphatic heterocycles. The number of ether oxygens (including phenoxy) is 1. The summed E-state index contributed by atoms with van der Waals surface area (Å²) in [7, 11) is 1.51. The number of hydrazine groups is 1. The SMILES string of the molecule is COc1ccc(C(=O)[C@@H](C)N(C(=O)c2ccccc2Cl)N2C(=O)CCCC2=O)cc1. The predicted octanol–water partition coefficient (Wildman–Crippen LogP) is 3.52. The van der Waals surface area contributed by atoms with Crippen LogP contribution in [0, 0.1) is 0 Å². The summed E-state index contributed by atoms with van der Waals surface area (Å²) >= 11 is 6.17. The molecule has 1 atom stereocenters. The van der Waals surface area contributed by atoms with Crippen LogP contribution in [-0.4, -0.2) is 46.7 Å². The number of rotatable bonds is 6. The molecule has 8 heteroatoms. The Hall–Kier alpha value is -3.19. The third kappa shape index (κ3) is 4.21. The molecular formula is C22H21ClN2O5. The number of benzene rings is 2. The monoisotopic (exact) mass is 428 g/mol. The predicted molar refractivity (Wildman–Crippen MR) is 110 cm³/mol. The Bertz CT molecular complexity index is 973. The highest BCUT2D eigenvalue weighted by Crippen LogP contribution is 2.25. The van der Waals surface area contributed by atoms with E-state index in [2.05, 4.69) is 0 Å². The minimum Gasteiger partial charge on any atom is -0.497 e. The van der Waals surface area contributed by atoms with Crippen LogP contribution in [0.15, 0.2) is 48.5 Å². The molecule has 1 saturated heterocycles. The molecule has 0 N–H and O–H groups in total. The van der Waals surface area contributed by atoms with E-state index in [-0.39, 0.29) is 23.4 Å². The molecule has 3 rings (SSSR count). The van der Waals surface area contributed by atoms with Gasteiger partial charge >= 0.3 is 0 Å². The first-order valence-corrected chi connectivity index (χ1v) is 9.85. The van der Waals surface area contributed by atoms with E-state index in [9.17, 15) is 19.2 Å². The molecule has 7 nitrogen and oxygen atoms in total. The van der Waals surface area contributed by atoms with Gasteiger partial charge < -0.3 is 4.74 Å². The molecule has 0 unspecified atom stereocenters. The molecule has 3 amide bonds. The number of methoxy groups -OCH3 is 1. The summed E-state index contributed by atoms with van der Waals surface area (Å²) in [6.07, 6.45) is 0.631. The van der Waals surface area contributed by atoms with Gasteiger partial charge in [0.25, 0.3) is 5.91 Å². The number of ketones is 1. The number of carbonyl (C=O) groups excluding carboxylic acids is 4. The fourth-order valence-corrected chi connectivity index (χ4v) is 3.50. The van der Waals surface area contributed by atoms with Gasteiger partial charge in [0.2, 0.25) is 11.8 Å². The lowest BCUT2D eigenvalue weighted by Crippen LogP contribution is -2.59. The lowest BCUT2D eigenvalue weighted by Gasteiger charge is -2.38. The van der Waals surface area contributed by atoms with Crippen LogP contribution in [0.3, 0.4) is 0 Å². The van der Waals surface area contributed by atoms with Crippen molar-refractivity contribution in [3.63, 3.8) is 0 Å². The smallest absolute Gasteiger partial charge is 0.275 e. The maximum Gasteiger partial charge on any atom is 0.275 e. The maximum absolute atomic E-state index is 13.4. The molecular weight excluding hydrogens is 408 g/mol. The molecule has 0 saturated carbocycles. The summed E-state index contributed by atoms with van der Waals surface area (Å²) in [5, 5.41) is 1.88. The van der Waals surface area contributed by atoms with Crippen LogP contribution in [0.1, 0.15) is 46.9 Å². The van der Waals surface area contributed by atoms with Crippen molar-refractivity contribution in [1.82, 2.24) is 10.0 Å². The average Bonchev–Trinajstić information content (AvgIpc) is 2.75. The standard InChI is InChI=1S/C22H21ClN2O5/c1-14(21(28)15-10-12-16(30-2)13-11-15)24(25-19(26)8-5-9-20(25)27)22(29)17-6-3-4-7-18(17)23/h3-4,6-7,10-14H,5,8-9H2,1-2H3/t14-/m1/s1. The first kappa shape index (κ1) is 21.5. The van der Waals surface area contributed by atoms with Gasteiger partial charge in [-0.2, -0.15) is 5.01 Å². The average molecular weight is 429 g/mol. The lowest BCUT2D eigenvalue weighted by atomic mass is 10.0. The second kappa shape index (κ2) is 9.09. The molecule has 1 heterocycles. The number of imide groups is 1. The van der Waals surface area contributed by atoms with E-state index in [1.54, 1.807) is 36.4 Å². The fourth-order valence-electron chi connectivity index (χ4n) is 3.29. The zero-order valence-corrected chi connectivity index (χ0v) is 17.4. The Labute approximate surface area is 179 Å². The zero-order valence-electron chi connectivity index (χ0n) is 16.6. The Morgan fingerprint density at radius 1 is 1.03 bits per heavy atom. The molecule has 0 aromatic heterocycles. The van der Waals surface area contributed by atoms with Crippen LogP contribution in [0.25, 0.3) is 0 Å². The molecule has 2 aromatic rings. The van der Waals surface area contributed by atoms with Crippen LogP contribution >= 0.6 is 11.6 Å². The van der Waals surface area contributed by atoms with Crippen LogP contribution in [0.4, 0.5) is 0 Å². The van der Waals surface area contributed by atoms with Crippen molar-refractivity contribution in [3.05, 3.63) is 64.7 Å². The van der Waals surface area contributed by atoms with Gasteiger partial charge in [-0.3, -0.25) is 19.2 Å². The van der Waals surface area contributed by atoms with Gasteiger partial charge in [-0.1, -0.05) is 23.7 Å². The second-order valence-corrected chi connectivity index (χ2v) is 7.26. The quantitative estimate of drug-likeness (QED) is 0.519. The van der Waals surface area contributed by atoms with Crippen molar-refractivity contribution in [2.24, 2.45) is 0 Å². The summed E-state index contributed by atoms with van der Waals surface area (Å²) in [5.41, 5.74) is 0.414. The highest BCUT2D eigenvalue weighted by atomic mass is 35.5. The van der Waals surface area contributed by atoms with Gasteiger partial charge in [-0.15, -0.1) is 0 Å². The van der Waals surface area contributed by atoms with Gasteiger partial charge in [0.15, 0.2) is 5.78 Å². The van der Waals surface area contributed by atoms with Gasteiger partial charge in [-0.25, -0.2) is 5.01 Å². The third-order valence-corrected chi connectivity index (χ3v) is 5.23. The van der Waals surface area contributed by atoms with Gasteiger partial charge in [0, 0.05) is 18.4 Å². The minimum atomic E-state index is -1.12. The Kier molecular flexibility index (Phi) is 6.52. The number of hydrogen-bond acceptors (Lipinski definition) is 5. The van der Waals surface area contributed by atoms with Crippen LogP contribution in [0.2, 0.25) is 5.02 Å². The van der Waals surface area contributed by atoms with E-state index in [1.807, 2.05) is 0 Å². The zero-order chi connectivity index (χ0) is 21.8. The van der Waals surface area contributed by atoms with Crippen molar-refractivity contribution in [1.29, 1.82) is 0 Å². The number of nitrogens with zero attached hydrogens (tertiary/aromatic N) is 2. The summed E-state index contributed by atoms with van der Waals surface area (Å²) in [6.45, 7) is 1.48. The molecule has 1 aliphatic rings. The highest BCUT2D eigenvalue weighted by molar-refractivity contribution is 6.34. The molecule has 1 fully saturated rings. The topological polar surface area (TPSA) is 84.0 Å². The van der Waals surface area contributed by atoms with E-state index in [0.29, 0.717) is 17.7 Å². The van der Waals surface area contributed by atoms with Crippen molar-refractivity contribution < 1.29 is 23.9 Å². The number of Topliss-reactive ketones (excluding diaryl/α,β-unsaturated/α-hetero) is 1. The van der Waals surface area contributed by atoms with E-state index in [0.717, 1.165) is 10.0 Å². The Morgan fingerprint density at radius 3 is 2.20 bits per heavy atom. The first-order valence-electron chi connectivity index (χ1n) is 9.47. The van der Waals surface area contributed by atoms with Crippen LogP contribution in [-0.2, 0) is 9.59 Å². The Balaban J connectivity index is 2.02. The summed E-state index contributed by atoms with van der Waals surface area (Å²) in [5.74, 6) is -1.60. The van der Waals surface area contributed by atoms with Gasteiger partial charge in [-0.05, 0) is 49.7 Å². The maximum atomic E-state index is 13.4. The van der Waals surface area contributed by atoms with Gasteiger partial charge in [0.1, 0.15) is 11.8 Å². The second-order valence-electron chi connectivity index (χ2n) is 6.85. The number of halogens is 1. The number of carbonyl (C=O) groups is 4. The number of piperidine rings is 1. The molecule has 0 bridgehead atoms. The van der Waals surface area contributed by atoms with E-state index >= 15 is 0 Å². The molecule has 30 heavy (non-hydrogen) atoms. The van der Waals surface area contributed by atoms with Crippen LogP contribution in [0.5, 0.6) is 5.75 Å². The van der Waals surface area contributed by atoms with E-state index in [1.165, 1.54) is 26.2 Å². The molecule has 156 valence electrons. The normalized spacial score (nSPS) is 15.0. The van der Waals surface area contributed by atoms with Crippen molar-refractivity contribution in [3.8, 4) is 5.75 Å². The fraction of sp³-hybridized carbons (Fsp3) is 0.273. The van der Waals surface area contributed by atoms with Crippen molar-refractivity contribution >= 4 is 35.1 Å². The number of amides is 3. The summed E-state index contributed by atoms with van der Waals surface area (Å²) < 4.78 is 5.10. The lowest BCUT2D eigenvalue weighted by molar-refractivity contribution is -0.165. The number of hydrogen-bond donors (Lipinski definition) is 0. The molecule has 0 spiro atoms. The highest BCUT2D eigenvalue weighted by Gasteiger charge is 2.40. The van der Waals surface area contributed by atoms with E-state index in [4.69, 9.17) is 16.3 Å². The summed E-state index contributed by atoms with van der Waals surface area (Å²) in [6, 6.07) is 11.6. The van der Waals surface area contributed by atoms with Gasteiger partial charge in [0.05, 0.1) is 17.7 Å². The molecule has 2 aromatic carbocycles. The minimum absolute atomic E-state index is 0.0970. The molecule has 0 radical (unpaired) electrons. The van der Waals surface area contributed by atoms with E-state index < -0.39 is 29.5 Å². The molecule has 0 aliphatic carbocycles. The largest absolute Gasteiger partial charge is 0.497 e. The first-order chi connectivity index (χ1) is 14.3. The third-order valence-electron chi connectivity index (χ3n) is 4.90. The van der Waals surface area contributed by atoms with Crippen LogP contribution < -0.4 is 4.74 Å². The van der Waals surface area contributed by atoms with Crippen molar-refractivity contribution in [2.45, 2.75) is 32.2 Å².